The molecule has 0 radical (unpaired) electrons. The Labute approximate surface area is 177 Å². The molecule has 0 unspecified atom stereocenters. The molecule has 1 aromatic carbocycles. The predicted octanol–water partition coefficient (Wildman–Crippen LogP) is 3.19. The van der Waals surface area contributed by atoms with Crippen LogP contribution in [0.15, 0.2) is 47.7 Å². The van der Waals surface area contributed by atoms with Crippen molar-refractivity contribution in [1.29, 1.82) is 0 Å². The number of ether oxygens (including phenoxy) is 2. The molecule has 2 aromatic heterocycles. The van der Waals surface area contributed by atoms with Crippen LogP contribution in [0.2, 0.25) is 0 Å². The van der Waals surface area contributed by atoms with Crippen LogP contribution >= 0.6 is 0 Å². The molecule has 30 heavy (non-hydrogen) atoms. The highest BCUT2D eigenvalue weighted by Crippen LogP contribution is 2.19. The number of nitrogens with one attached hydrogen (secondary N) is 3. The van der Waals surface area contributed by atoms with Gasteiger partial charge < -0.3 is 25.1 Å². The fourth-order valence-electron chi connectivity index (χ4n) is 3.15. The molecule has 2 heterocycles. The van der Waals surface area contributed by atoms with E-state index >= 15 is 0 Å². The van der Waals surface area contributed by atoms with Gasteiger partial charge in [-0.1, -0.05) is 18.2 Å². The number of pyridine rings is 1. The number of aromatic amines is 1. The predicted molar refractivity (Wildman–Crippen MR) is 121 cm³/mol. The number of benzene rings is 1. The molecular weight excluding hydrogens is 378 g/mol. The van der Waals surface area contributed by atoms with Crippen molar-refractivity contribution in [3.8, 4) is 5.88 Å². The molecule has 0 aliphatic carbocycles. The molecule has 0 atom stereocenters. The molecular formula is C23H31N5O2. The minimum atomic E-state index is 0.492. The molecule has 0 bridgehead atoms. The summed E-state index contributed by atoms with van der Waals surface area (Å²) in [4.78, 5) is 12.3. The van der Waals surface area contributed by atoms with Crippen molar-refractivity contribution < 1.29 is 9.47 Å². The normalized spacial score (nSPS) is 11.6. The standard InChI is InChI=1S/C23H31N5O2/c1-4-24-23(28-15-18-6-8-22(27-14-18)30-12-11-29-3)25-10-9-19-16-26-21-13-17(2)5-7-20(19)21/h5-8,13-14,16,26H,4,9-12,15H2,1-3H3,(H2,24,25,28). The maximum Gasteiger partial charge on any atom is 0.213 e. The van der Waals surface area contributed by atoms with Crippen molar-refractivity contribution >= 4 is 16.9 Å². The lowest BCUT2D eigenvalue weighted by Crippen LogP contribution is -2.38. The van der Waals surface area contributed by atoms with Gasteiger partial charge in [-0.3, -0.25) is 0 Å². The van der Waals surface area contributed by atoms with Crippen LogP contribution in [-0.4, -0.2) is 49.3 Å². The topological polar surface area (TPSA) is 83.6 Å². The van der Waals surface area contributed by atoms with Gasteiger partial charge in [0.05, 0.1) is 13.2 Å². The molecule has 7 nitrogen and oxygen atoms in total. The van der Waals surface area contributed by atoms with Crippen LogP contribution in [0.4, 0.5) is 0 Å². The number of hydrogen-bond acceptors (Lipinski definition) is 4. The minimum absolute atomic E-state index is 0.492. The molecule has 0 saturated carbocycles. The Morgan fingerprint density at radius 2 is 2.07 bits per heavy atom. The van der Waals surface area contributed by atoms with Crippen molar-refractivity contribution in [2.24, 2.45) is 4.99 Å². The first kappa shape index (κ1) is 21.6. The van der Waals surface area contributed by atoms with E-state index < -0.39 is 0 Å². The molecule has 0 aliphatic rings. The highest BCUT2D eigenvalue weighted by Gasteiger charge is 2.05. The first-order chi connectivity index (χ1) is 14.7. The zero-order chi connectivity index (χ0) is 21.2. The fourth-order valence-corrected chi connectivity index (χ4v) is 3.15. The summed E-state index contributed by atoms with van der Waals surface area (Å²) in [7, 11) is 1.65. The zero-order valence-electron chi connectivity index (χ0n) is 18.0. The number of aryl methyl sites for hydroxylation is 1. The van der Waals surface area contributed by atoms with E-state index in [-0.39, 0.29) is 0 Å². The van der Waals surface area contributed by atoms with Gasteiger partial charge in [0.25, 0.3) is 0 Å². The number of fused-ring (bicyclic) bond motifs is 1. The number of aliphatic imine (C=N–C) groups is 1. The molecule has 3 aromatic rings. The van der Waals surface area contributed by atoms with Crippen molar-refractivity contribution in [3.63, 3.8) is 0 Å². The number of guanidine groups is 1. The highest BCUT2D eigenvalue weighted by molar-refractivity contribution is 5.84. The van der Waals surface area contributed by atoms with Gasteiger partial charge in [0.2, 0.25) is 5.88 Å². The summed E-state index contributed by atoms with van der Waals surface area (Å²) < 4.78 is 10.5. The van der Waals surface area contributed by atoms with Crippen LogP contribution in [0, 0.1) is 6.92 Å². The summed E-state index contributed by atoms with van der Waals surface area (Å²) in [6.07, 6.45) is 4.81. The molecule has 0 amide bonds. The van der Waals surface area contributed by atoms with Crippen molar-refractivity contribution in [2.45, 2.75) is 26.8 Å². The van der Waals surface area contributed by atoms with Crippen molar-refractivity contribution in [2.75, 3.05) is 33.4 Å². The van der Waals surface area contributed by atoms with Crippen LogP contribution in [-0.2, 0) is 17.7 Å². The summed E-state index contributed by atoms with van der Waals surface area (Å²) in [5.74, 6) is 1.40. The molecule has 0 aliphatic heterocycles. The second-order valence-corrected chi connectivity index (χ2v) is 7.08. The van der Waals surface area contributed by atoms with Crippen LogP contribution < -0.4 is 15.4 Å². The number of nitrogens with zero attached hydrogens (tertiary/aromatic N) is 2. The van der Waals surface area contributed by atoms with Crippen molar-refractivity contribution in [1.82, 2.24) is 20.6 Å². The number of H-pyrrole nitrogens is 1. The van der Waals surface area contributed by atoms with E-state index in [1.807, 2.05) is 12.1 Å². The molecule has 7 heteroatoms. The highest BCUT2D eigenvalue weighted by atomic mass is 16.5. The van der Waals surface area contributed by atoms with Gasteiger partial charge in [-0.25, -0.2) is 9.98 Å². The van der Waals surface area contributed by atoms with E-state index in [1.165, 1.54) is 22.0 Å². The Kier molecular flexibility index (Phi) is 8.09. The zero-order valence-corrected chi connectivity index (χ0v) is 18.0. The minimum Gasteiger partial charge on any atom is -0.475 e. The van der Waals surface area contributed by atoms with Crippen LogP contribution in [0.25, 0.3) is 10.9 Å². The summed E-state index contributed by atoms with van der Waals surface area (Å²) in [5.41, 5.74) is 4.78. The van der Waals surface area contributed by atoms with E-state index in [0.29, 0.717) is 25.6 Å². The lowest BCUT2D eigenvalue weighted by molar-refractivity contribution is 0.143. The molecule has 3 N–H and O–H groups in total. The van der Waals surface area contributed by atoms with E-state index in [0.717, 1.165) is 31.0 Å². The van der Waals surface area contributed by atoms with Crippen LogP contribution in [0.5, 0.6) is 5.88 Å². The summed E-state index contributed by atoms with van der Waals surface area (Å²) in [5, 5.41) is 7.99. The Hall–Kier alpha value is -3.06. The largest absolute Gasteiger partial charge is 0.475 e. The van der Waals surface area contributed by atoms with Gasteiger partial charge in [0, 0.05) is 49.6 Å². The monoisotopic (exact) mass is 409 g/mol. The van der Waals surface area contributed by atoms with Crippen molar-refractivity contribution in [3.05, 3.63) is 59.4 Å². The third-order valence-electron chi connectivity index (χ3n) is 4.71. The SMILES string of the molecule is CCNC(=NCc1ccc(OCCOC)nc1)NCCc1c[nH]c2cc(C)ccc12. The van der Waals surface area contributed by atoms with Gasteiger partial charge in [-0.2, -0.15) is 0 Å². The smallest absolute Gasteiger partial charge is 0.213 e. The quantitative estimate of drug-likeness (QED) is 0.272. The fraction of sp³-hybridized carbons (Fsp3) is 0.391. The second-order valence-electron chi connectivity index (χ2n) is 7.08. The summed E-state index contributed by atoms with van der Waals surface area (Å²) in [6.45, 7) is 7.37. The van der Waals surface area contributed by atoms with Gasteiger partial charge in [-0.15, -0.1) is 0 Å². The lowest BCUT2D eigenvalue weighted by Gasteiger charge is -2.11. The van der Waals surface area contributed by atoms with E-state index in [9.17, 15) is 0 Å². The number of hydrogen-bond donors (Lipinski definition) is 3. The average Bonchev–Trinajstić information content (AvgIpc) is 3.15. The van der Waals surface area contributed by atoms with E-state index in [4.69, 9.17) is 9.47 Å². The first-order valence-electron chi connectivity index (χ1n) is 10.3. The molecule has 0 spiro atoms. The lowest BCUT2D eigenvalue weighted by atomic mass is 10.1. The van der Waals surface area contributed by atoms with E-state index in [2.05, 4.69) is 63.8 Å². The van der Waals surface area contributed by atoms with Crippen LogP contribution in [0.1, 0.15) is 23.6 Å². The van der Waals surface area contributed by atoms with Gasteiger partial charge in [0.1, 0.15) is 6.61 Å². The van der Waals surface area contributed by atoms with Gasteiger partial charge in [0.15, 0.2) is 5.96 Å². The molecule has 0 fully saturated rings. The maximum atomic E-state index is 5.49. The third-order valence-corrected chi connectivity index (χ3v) is 4.71. The Balaban J connectivity index is 1.52. The molecule has 160 valence electrons. The van der Waals surface area contributed by atoms with E-state index in [1.54, 1.807) is 13.3 Å². The van der Waals surface area contributed by atoms with Gasteiger partial charge >= 0.3 is 0 Å². The number of methoxy groups -OCH3 is 1. The summed E-state index contributed by atoms with van der Waals surface area (Å²) in [6, 6.07) is 10.4. The van der Waals surface area contributed by atoms with Crippen LogP contribution in [0.3, 0.4) is 0 Å². The molecule has 3 rings (SSSR count). The Morgan fingerprint density at radius 3 is 2.83 bits per heavy atom. The summed E-state index contributed by atoms with van der Waals surface area (Å²) >= 11 is 0. The average molecular weight is 410 g/mol. The Bertz CT molecular complexity index is 950. The number of aromatic nitrogens is 2. The third kappa shape index (κ3) is 6.22. The maximum absolute atomic E-state index is 5.49. The first-order valence-corrected chi connectivity index (χ1v) is 10.3. The molecule has 0 saturated heterocycles. The Morgan fingerprint density at radius 1 is 1.17 bits per heavy atom. The second kappa shape index (κ2) is 11.2. The number of rotatable bonds is 10. The van der Waals surface area contributed by atoms with Gasteiger partial charge in [-0.05, 0) is 43.0 Å².